The molecule has 0 bridgehead atoms. The van der Waals surface area contributed by atoms with E-state index in [2.05, 4.69) is 0 Å². The molecule has 0 saturated carbocycles. The van der Waals surface area contributed by atoms with Gasteiger partial charge in [0, 0.05) is 12.0 Å². The molecule has 4 heteroatoms. The fourth-order valence-electron chi connectivity index (χ4n) is 2.58. The van der Waals surface area contributed by atoms with E-state index < -0.39 is 6.10 Å². The van der Waals surface area contributed by atoms with Gasteiger partial charge in [-0.2, -0.15) is 0 Å². The Hall–Kier alpha value is -1.71. The number of methoxy groups -OCH3 is 1. The van der Waals surface area contributed by atoms with Crippen molar-refractivity contribution in [2.24, 2.45) is 0 Å². The number of halogens is 1. The third-order valence-corrected chi connectivity index (χ3v) is 3.87. The van der Waals surface area contributed by atoms with Crippen LogP contribution in [0.4, 0.5) is 0 Å². The Morgan fingerprint density at radius 2 is 2.00 bits per heavy atom. The Kier molecular flexibility index (Phi) is 3.55. The van der Waals surface area contributed by atoms with Gasteiger partial charge in [-0.1, -0.05) is 35.9 Å². The first-order valence-electron chi connectivity index (χ1n) is 6.46. The van der Waals surface area contributed by atoms with Gasteiger partial charge in [-0.05, 0) is 18.2 Å². The van der Waals surface area contributed by atoms with Gasteiger partial charge in [0.2, 0.25) is 0 Å². The molecule has 0 saturated heterocycles. The van der Waals surface area contributed by atoms with E-state index in [1.807, 2.05) is 36.4 Å². The van der Waals surface area contributed by atoms with E-state index in [1.165, 1.54) is 0 Å². The van der Waals surface area contributed by atoms with Gasteiger partial charge in [0.1, 0.15) is 17.6 Å². The molecule has 3 nitrogen and oxygen atoms in total. The summed E-state index contributed by atoms with van der Waals surface area (Å²) in [6, 6.07) is 13.0. The molecule has 2 aromatic carbocycles. The smallest absolute Gasteiger partial charge is 0.132 e. The summed E-state index contributed by atoms with van der Waals surface area (Å²) in [6.07, 6.45) is -0.425. The standard InChI is InChI=1S/C16H15ClO3/c1-19-14-8-4-6-11(17)16(14)15-9-12(18)10-5-2-3-7-13(10)20-15/h2-8,12,15,18H,9H2,1H3/t12-,15?/m0/s1. The van der Waals surface area contributed by atoms with E-state index in [4.69, 9.17) is 21.1 Å². The zero-order valence-corrected chi connectivity index (χ0v) is 11.8. The van der Waals surface area contributed by atoms with E-state index in [9.17, 15) is 5.11 Å². The van der Waals surface area contributed by atoms with Gasteiger partial charge < -0.3 is 14.6 Å². The number of aliphatic hydroxyl groups excluding tert-OH is 1. The van der Waals surface area contributed by atoms with Crippen molar-refractivity contribution in [3.8, 4) is 11.5 Å². The molecule has 0 spiro atoms. The average Bonchev–Trinajstić information content (AvgIpc) is 2.46. The fraction of sp³-hybridized carbons (Fsp3) is 0.250. The van der Waals surface area contributed by atoms with E-state index in [0.29, 0.717) is 22.9 Å². The Morgan fingerprint density at radius 3 is 2.80 bits per heavy atom. The van der Waals surface area contributed by atoms with Crippen LogP contribution in [0, 0.1) is 0 Å². The van der Waals surface area contributed by atoms with E-state index in [1.54, 1.807) is 13.2 Å². The van der Waals surface area contributed by atoms with Gasteiger partial charge >= 0.3 is 0 Å². The molecule has 0 fully saturated rings. The van der Waals surface area contributed by atoms with Gasteiger partial charge in [0.05, 0.1) is 23.8 Å². The molecule has 2 aromatic rings. The van der Waals surface area contributed by atoms with Crippen LogP contribution >= 0.6 is 11.6 Å². The third-order valence-electron chi connectivity index (χ3n) is 3.54. The second-order valence-corrected chi connectivity index (χ2v) is 5.16. The van der Waals surface area contributed by atoms with Crippen LogP contribution in [-0.2, 0) is 0 Å². The summed E-state index contributed by atoms with van der Waals surface area (Å²) < 4.78 is 11.3. The Morgan fingerprint density at radius 1 is 1.20 bits per heavy atom. The number of ether oxygens (including phenoxy) is 2. The third kappa shape index (κ3) is 2.23. The van der Waals surface area contributed by atoms with Gasteiger partial charge in [-0.15, -0.1) is 0 Å². The summed E-state index contributed by atoms with van der Waals surface area (Å²) in [5.74, 6) is 1.37. The highest BCUT2D eigenvalue weighted by atomic mass is 35.5. The van der Waals surface area contributed by atoms with Crippen molar-refractivity contribution >= 4 is 11.6 Å². The summed E-state index contributed by atoms with van der Waals surface area (Å²) in [5.41, 5.74) is 1.60. The van der Waals surface area contributed by atoms with Crippen LogP contribution in [0.1, 0.15) is 29.8 Å². The predicted molar refractivity (Wildman–Crippen MR) is 77.4 cm³/mol. The van der Waals surface area contributed by atoms with Crippen LogP contribution in [0.2, 0.25) is 5.02 Å². The average molecular weight is 291 g/mol. The highest BCUT2D eigenvalue weighted by Crippen LogP contribution is 2.44. The highest BCUT2D eigenvalue weighted by Gasteiger charge is 2.30. The number of benzene rings is 2. The van der Waals surface area contributed by atoms with Crippen molar-refractivity contribution in [2.75, 3.05) is 7.11 Å². The molecule has 1 heterocycles. The molecule has 20 heavy (non-hydrogen) atoms. The quantitative estimate of drug-likeness (QED) is 0.911. The maximum atomic E-state index is 10.3. The Labute approximate surface area is 122 Å². The molecule has 1 aliphatic heterocycles. The molecule has 0 aromatic heterocycles. The molecular weight excluding hydrogens is 276 g/mol. The fourth-order valence-corrected chi connectivity index (χ4v) is 2.87. The lowest BCUT2D eigenvalue weighted by atomic mass is 9.94. The van der Waals surface area contributed by atoms with Crippen LogP contribution in [0.3, 0.4) is 0 Å². The SMILES string of the molecule is COc1cccc(Cl)c1C1C[C@H](O)c2ccccc2O1. The predicted octanol–water partition coefficient (Wildman–Crippen LogP) is 3.91. The molecule has 1 aliphatic rings. The Bertz CT molecular complexity index is 627. The van der Waals surface area contributed by atoms with Crippen LogP contribution in [0.15, 0.2) is 42.5 Å². The van der Waals surface area contributed by atoms with Crippen molar-refractivity contribution in [3.63, 3.8) is 0 Å². The Balaban J connectivity index is 2.02. The second-order valence-electron chi connectivity index (χ2n) is 4.75. The molecule has 2 atom stereocenters. The largest absolute Gasteiger partial charge is 0.496 e. The summed E-state index contributed by atoms with van der Waals surface area (Å²) in [6.45, 7) is 0. The van der Waals surface area contributed by atoms with Gasteiger partial charge in [-0.25, -0.2) is 0 Å². The summed E-state index contributed by atoms with van der Waals surface area (Å²) >= 11 is 6.27. The molecule has 0 radical (unpaired) electrons. The number of hydrogen-bond donors (Lipinski definition) is 1. The molecule has 1 N–H and O–H groups in total. The van der Waals surface area contributed by atoms with Crippen molar-refractivity contribution in [1.29, 1.82) is 0 Å². The number of rotatable bonds is 2. The first-order chi connectivity index (χ1) is 9.70. The zero-order valence-electron chi connectivity index (χ0n) is 11.0. The maximum absolute atomic E-state index is 10.3. The van der Waals surface area contributed by atoms with Crippen LogP contribution in [-0.4, -0.2) is 12.2 Å². The molecular formula is C16H15ClO3. The molecule has 1 unspecified atom stereocenters. The minimum atomic E-state index is -0.564. The second kappa shape index (κ2) is 5.35. The summed E-state index contributed by atoms with van der Waals surface area (Å²) in [7, 11) is 1.60. The van der Waals surface area contributed by atoms with Crippen LogP contribution in [0.5, 0.6) is 11.5 Å². The maximum Gasteiger partial charge on any atom is 0.132 e. The molecule has 0 aliphatic carbocycles. The van der Waals surface area contributed by atoms with Gasteiger partial charge in [0.25, 0.3) is 0 Å². The minimum Gasteiger partial charge on any atom is -0.496 e. The minimum absolute atomic E-state index is 0.316. The van der Waals surface area contributed by atoms with Crippen LogP contribution < -0.4 is 9.47 Å². The first-order valence-corrected chi connectivity index (χ1v) is 6.84. The van der Waals surface area contributed by atoms with E-state index >= 15 is 0 Å². The lowest BCUT2D eigenvalue weighted by Gasteiger charge is -2.31. The van der Waals surface area contributed by atoms with Crippen LogP contribution in [0.25, 0.3) is 0 Å². The summed E-state index contributed by atoms with van der Waals surface area (Å²) in [5, 5.41) is 10.9. The topological polar surface area (TPSA) is 38.7 Å². The van der Waals surface area contributed by atoms with E-state index in [0.717, 1.165) is 11.1 Å². The van der Waals surface area contributed by atoms with Crippen molar-refractivity contribution in [2.45, 2.75) is 18.6 Å². The highest BCUT2D eigenvalue weighted by molar-refractivity contribution is 6.31. The van der Waals surface area contributed by atoms with E-state index in [-0.39, 0.29) is 6.10 Å². The van der Waals surface area contributed by atoms with Crippen molar-refractivity contribution in [1.82, 2.24) is 0 Å². The molecule has 0 amide bonds. The normalized spacial score (nSPS) is 20.9. The number of hydrogen-bond acceptors (Lipinski definition) is 3. The first kappa shape index (κ1) is 13.3. The molecule has 3 rings (SSSR count). The number of para-hydroxylation sites is 1. The number of aliphatic hydroxyl groups is 1. The summed E-state index contributed by atoms with van der Waals surface area (Å²) in [4.78, 5) is 0. The van der Waals surface area contributed by atoms with Crippen molar-refractivity contribution in [3.05, 3.63) is 58.6 Å². The molecule has 104 valence electrons. The van der Waals surface area contributed by atoms with Gasteiger partial charge in [0.15, 0.2) is 0 Å². The van der Waals surface area contributed by atoms with Crippen molar-refractivity contribution < 1.29 is 14.6 Å². The van der Waals surface area contributed by atoms with Gasteiger partial charge in [-0.3, -0.25) is 0 Å². The lowest BCUT2D eigenvalue weighted by Crippen LogP contribution is -2.19. The monoisotopic (exact) mass is 290 g/mol. The zero-order chi connectivity index (χ0) is 14.1. The number of fused-ring (bicyclic) bond motifs is 1. The lowest BCUT2D eigenvalue weighted by molar-refractivity contribution is 0.0646.